The number of hydrogen-bond acceptors (Lipinski definition) is 8. The molecule has 1 aromatic carbocycles. The van der Waals surface area contributed by atoms with E-state index < -0.39 is 0 Å². The normalized spacial score (nSPS) is 19.4. The molecule has 5 rings (SSSR count). The maximum absolute atomic E-state index is 13.0. The molecule has 0 bridgehead atoms. The second-order valence-corrected chi connectivity index (χ2v) is 8.90. The standard InChI is InChI=1S/C25H28N6O4/c1-34-22-7-6-18-23(31-22)19(8-9-27-18)30-25(33)15-2-4-16(5-3-15)28-12-14-10-17(26)24-20(11-14)29-21(32)13-35-24/h6-11,15-16,28H,2-5,12-13,26H2,1H3,(H,29,32)(H,27,30,33). The molecule has 3 aromatic rings. The Morgan fingerprint density at radius 2 is 2.06 bits per heavy atom. The Labute approximate surface area is 202 Å². The first-order valence-electron chi connectivity index (χ1n) is 11.7. The summed E-state index contributed by atoms with van der Waals surface area (Å²) in [4.78, 5) is 33.3. The van der Waals surface area contributed by atoms with E-state index in [2.05, 4.69) is 25.9 Å². The third-order valence-electron chi connectivity index (χ3n) is 6.52. The molecule has 35 heavy (non-hydrogen) atoms. The largest absolute Gasteiger partial charge is 0.481 e. The van der Waals surface area contributed by atoms with Gasteiger partial charge in [0.1, 0.15) is 5.52 Å². The van der Waals surface area contributed by atoms with Crippen molar-refractivity contribution >= 4 is 39.9 Å². The van der Waals surface area contributed by atoms with Crippen LogP contribution in [0.2, 0.25) is 0 Å². The number of carbonyl (C=O) groups excluding carboxylic acids is 2. The lowest BCUT2D eigenvalue weighted by atomic mass is 9.85. The molecule has 0 atom stereocenters. The molecule has 0 unspecified atom stereocenters. The lowest BCUT2D eigenvalue weighted by Crippen LogP contribution is -2.36. The number of amides is 2. The summed E-state index contributed by atoms with van der Waals surface area (Å²) in [6.45, 7) is 0.596. The number of carbonyl (C=O) groups is 2. The number of nitrogen functional groups attached to an aromatic ring is 1. The van der Waals surface area contributed by atoms with E-state index in [0.29, 0.717) is 52.3 Å². The van der Waals surface area contributed by atoms with Gasteiger partial charge in [-0.15, -0.1) is 0 Å². The highest BCUT2D eigenvalue weighted by Crippen LogP contribution is 2.35. The van der Waals surface area contributed by atoms with Crippen LogP contribution in [0.25, 0.3) is 11.0 Å². The molecule has 10 heteroatoms. The molecule has 0 spiro atoms. The summed E-state index contributed by atoms with van der Waals surface area (Å²) in [6, 6.07) is 9.39. The average Bonchev–Trinajstić information content (AvgIpc) is 2.87. The molecule has 182 valence electrons. The zero-order chi connectivity index (χ0) is 24.4. The van der Waals surface area contributed by atoms with Crippen LogP contribution in [0.1, 0.15) is 31.2 Å². The number of nitrogens with two attached hydrogens (primary N) is 1. The number of pyridine rings is 2. The van der Waals surface area contributed by atoms with E-state index in [1.807, 2.05) is 18.2 Å². The summed E-state index contributed by atoms with van der Waals surface area (Å²) >= 11 is 0. The number of hydrogen-bond donors (Lipinski definition) is 4. The Morgan fingerprint density at radius 3 is 2.86 bits per heavy atom. The first-order chi connectivity index (χ1) is 17.0. The van der Waals surface area contributed by atoms with Gasteiger partial charge in [-0.05, 0) is 55.5 Å². The fraction of sp³-hybridized carbons (Fsp3) is 0.360. The molecule has 3 heterocycles. The molecular formula is C25H28N6O4. The monoisotopic (exact) mass is 476 g/mol. The van der Waals surface area contributed by atoms with E-state index in [1.165, 1.54) is 0 Å². The average molecular weight is 477 g/mol. The molecule has 2 aliphatic rings. The van der Waals surface area contributed by atoms with Gasteiger partial charge in [-0.25, -0.2) is 4.98 Å². The van der Waals surface area contributed by atoms with Crippen LogP contribution in [0.4, 0.5) is 17.1 Å². The predicted octanol–water partition coefficient (Wildman–Crippen LogP) is 2.84. The van der Waals surface area contributed by atoms with Crippen LogP contribution < -0.4 is 31.2 Å². The summed E-state index contributed by atoms with van der Waals surface area (Å²) in [7, 11) is 1.56. The number of fused-ring (bicyclic) bond motifs is 2. The Balaban J connectivity index is 1.16. The number of aromatic nitrogens is 2. The number of rotatable bonds is 6. The molecule has 0 saturated heterocycles. The smallest absolute Gasteiger partial charge is 0.262 e. The van der Waals surface area contributed by atoms with Gasteiger partial charge in [-0.2, -0.15) is 0 Å². The van der Waals surface area contributed by atoms with Gasteiger partial charge in [-0.1, -0.05) is 0 Å². The summed E-state index contributed by atoms with van der Waals surface area (Å²) in [6.07, 6.45) is 5.03. The third kappa shape index (κ3) is 4.97. The Kier molecular flexibility index (Phi) is 6.37. The topological polar surface area (TPSA) is 140 Å². The van der Waals surface area contributed by atoms with Gasteiger partial charge in [0.05, 0.1) is 29.7 Å². The Hall–Kier alpha value is -3.92. The quantitative estimate of drug-likeness (QED) is 0.398. The van der Waals surface area contributed by atoms with Crippen LogP contribution in [0, 0.1) is 5.92 Å². The number of benzene rings is 1. The minimum atomic E-state index is -0.187. The highest BCUT2D eigenvalue weighted by atomic mass is 16.5. The van der Waals surface area contributed by atoms with Gasteiger partial charge >= 0.3 is 0 Å². The molecule has 5 N–H and O–H groups in total. The maximum Gasteiger partial charge on any atom is 0.262 e. The van der Waals surface area contributed by atoms with Crippen molar-refractivity contribution in [3.63, 3.8) is 0 Å². The zero-order valence-electron chi connectivity index (χ0n) is 19.5. The highest BCUT2D eigenvalue weighted by Gasteiger charge is 2.27. The summed E-state index contributed by atoms with van der Waals surface area (Å²) in [5, 5.41) is 9.40. The summed E-state index contributed by atoms with van der Waals surface area (Å²) in [5.74, 6) is 0.749. The van der Waals surface area contributed by atoms with Gasteiger partial charge in [0.15, 0.2) is 12.4 Å². The molecule has 1 aliphatic heterocycles. The van der Waals surface area contributed by atoms with Crippen LogP contribution in [0.5, 0.6) is 11.6 Å². The van der Waals surface area contributed by atoms with Gasteiger partial charge in [0.25, 0.3) is 5.91 Å². The van der Waals surface area contributed by atoms with E-state index >= 15 is 0 Å². The van der Waals surface area contributed by atoms with Crippen molar-refractivity contribution in [2.75, 3.05) is 30.1 Å². The summed E-state index contributed by atoms with van der Waals surface area (Å²) in [5.41, 5.74) is 10.1. The van der Waals surface area contributed by atoms with Gasteiger partial charge in [0.2, 0.25) is 11.8 Å². The number of nitrogens with one attached hydrogen (secondary N) is 3. The Bertz CT molecular complexity index is 1270. The minimum Gasteiger partial charge on any atom is -0.481 e. The van der Waals surface area contributed by atoms with E-state index in [0.717, 1.165) is 31.2 Å². The Morgan fingerprint density at radius 1 is 1.23 bits per heavy atom. The van der Waals surface area contributed by atoms with E-state index in [-0.39, 0.29) is 24.3 Å². The summed E-state index contributed by atoms with van der Waals surface area (Å²) < 4.78 is 10.6. The zero-order valence-corrected chi connectivity index (χ0v) is 19.5. The molecule has 10 nitrogen and oxygen atoms in total. The molecule has 2 aromatic heterocycles. The van der Waals surface area contributed by atoms with Crippen LogP contribution in [0.15, 0.2) is 36.5 Å². The first-order valence-corrected chi connectivity index (χ1v) is 11.7. The van der Waals surface area contributed by atoms with Crippen LogP contribution >= 0.6 is 0 Å². The van der Waals surface area contributed by atoms with E-state index in [4.69, 9.17) is 15.2 Å². The predicted molar refractivity (Wildman–Crippen MR) is 132 cm³/mol. The van der Waals surface area contributed by atoms with Crippen molar-refractivity contribution in [3.05, 3.63) is 42.1 Å². The van der Waals surface area contributed by atoms with E-state index in [1.54, 1.807) is 25.4 Å². The number of nitrogens with zero attached hydrogens (tertiary/aromatic N) is 2. The second-order valence-electron chi connectivity index (χ2n) is 8.90. The fourth-order valence-corrected chi connectivity index (χ4v) is 4.67. The number of anilines is 3. The molecule has 1 fully saturated rings. The second kappa shape index (κ2) is 9.75. The first kappa shape index (κ1) is 22.9. The number of ether oxygens (including phenoxy) is 2. The maximum atomic E-state index is 13.0. The van der Waals surface area contributed by atoms with Crippen molar-refractivity contribution in [2.24, 2.45) is 5.92 Å². The van der Waals surface area contributed by atoms with Crippen molar-refractivity contribution in [1.82, 2.24) is 15.3 Å². The molecule has 0 radical (unpaired) electrons. The van der Waals surface area contributed by atoms with Gasteiger partial charge in [0, 0.05) is 30.8 Å². The van der Waals surface area contributed by atoms with Crippen molar-refractivity contribution in [3.8, 4) is 11.6 Å². The number of methoxy groups -OCH3 is 1. The van der Waals surface area contributed by atoms with Gasteiger partial charge in [-0.3, -0.25) is 14.6 Å². The fourth-order valence-electron chi connectivity index (χ4n) is 4.67. The third-order valence-corrected chi connectivity index (χ3v) is 6.52. The lowest BCUT2D eigenvalue weighted by Gasteiger charge is -2.29. The SMILES string of the molecule is COc1ccc2nccc(NC(=O)C3CCC(NCc4cc(N)c5c(c4)NC(=O)CO5)CC3)c2n1. The van der Waals surface area contributed by atoms with Crippen molar-refractivity contribution in [1.29, 1.82) is 0 Å². The van der Waals surface area contributed by atoms with Crippen LogP contribution in [0.3, 0.4) is 0 Å². The minimum absolute atomic E-state index is 0.00114. The van der Waals surface area contributed by atoms with Crippen LogP contribution in [-0.2, 0) is 16.1 Å². The molecule has 1 saturated carbocycles. The van der Waals surface area contributed by atoms with E-state index in [9.17, 15) is 9.59 Å². The van der Waals surface area contributed by atoms with Crippen LogP contribution in [-0.4, -0.2) is 41.5 Å². The lowest BCUT2D eigenvalue weighted by molar-refractivity contribution is -0.121. The van der Waals surface area contributed by atoms with Crippen molar-refractivity contribution in [2.45, 2.75) is 38.3 Å². The van der Waals surface area contributed by atoms with Crippen molar-refractivity contribution < 1.29 is 19.1 Å². The van der Waals surface area contributed by atoms with Gasteiger partial charge < -0.3 is 31.2 Å². The molecular weight excluding hydrogens is 448 g/mol. The molecule has 1 aliphatic carbocycles. The molecule has 2 amide bonds. The highest BCUT2D eigenvalue weighted by molar-refractivity contribution is 6.00.